The monoisotopic (exact) mass is 333 g/mol. The minimum atomic E-state index is -5.05. The number of hydrogen-bond acceptors (Lipinski definition) is 1. The zero-order valence-electron chi connectivity index (χ0n) is 11.4. The molecule has 23 heavy (non-hydrogen) atoms. The van der Waals surface area contributed by atoms with Gasteiger partial charge in [-0.15, -0.1) is 0 Å². The Hall–Kier alpha value is -2.25. The van der Waals surface area contributed by atoms with Crippen LogP contribution in [0.25, 0.3) is 0 Å². The quantitative estimate of drug-likeness (QED) is 0.659. The van der Waals surface area contributed by atoms with Gasteiger partial charge >= 0.3 is 12.4 Å². The van der Waals surface area contributed by atoms with E-state index in [0.29, 0.717) is 10.1 Å². The van der Waals surface area contributed by atoms with Crippen molar-refractivity contribution in [2.75, 3.05) is 0 Å². The number of alkyl halides is 6. The fourth-order valence-electron chi connectivity index (χ4n) is 2.80. The number of carbonyl (C=O) groups is 1. The van der Waals surface area contributed by atoms with Gasteiger partial charge in [0.15, 0.2) is 0 Å². The first-order valence-electron chi connectivity index (χ1n) is 6.61. The van der Waals surface area contributed by atoms with Crippen LogP contribution >= 0.6 is 0 Å². The van der Waals surface area contributed by atoms with Crippen LogP contribution in [0.5, 0.6) is 0 Å². The van der Waals surface area contributed by atoms with Crippen LogP contribution in [0.4, 0.5) is 26.3 Å². The SMILES string of the molecule is O=C1c2ccccc2CCn2c(C(F)(F)F)cc(C(F)(F)F)c21. The number of fused-ring (bicyclic) bond motifs is 2. The molecule has 0 fully saturated rings. The molecule has 3 rings (SSSR count). The summed E-state index contributed by atoms with van der Waals surface area (Å²) in [5.74, 6) is -1.04. The van der Waals surface area contributed by atoms with E-state index >= 15 is 0 Å². The van der Waals surface area contributed by atoms with E-state index in [4.69, 9.17) is 0 Å². The summed E-state index contributed by atoms with van der Waals surface area (Å²) >= 11 is 0. The number of hydrogen-bond donors (Lipinski definition) is 0. The third-order valence-electron chi connectivity index (χ3n) is 3.77. The zero-order chi connectivity index (χ0) is 17.0. The molecule has 1 aromatic heterocycles. The molecular weight excluding hydrogens is 324 g/mol. The number of benzene rings is 1. The molecule has 122 valence electrons. The molecule has 0 bridgehead atoms. The van der Waals surface area contributed by atoms with Crippen molar-refractivity contribution < 1.29 is 31.1 Å². The first-order valence-corrected chi connectivity index (χ1v) is 6.61. The highest BCUT2D eigenvalue weighted by atomic mass is 19.4. The first kappa shape index (κ1) is 15.6. The van der Waals surface area contributed by atoms with Crippen molar-refractivity contribution in [3.05, 3.63) is 58.4 Å². The van der Waals surface area contributed by atoms with Crippen LogP contribution < -0.4 is 0 Å². The number of ketones is 1. The molecule has 2 aromatic rings. The Bertz CT molecular complexity index is 784. The van der Waals surface area contributed by atoms with Gasteiger partial charge in [0.1, 0.15) is 11.4 Å². The molecule has 0 aliphatic carbocycles. The van der Waals surface area contributed by atoms with Crippen LogP contribution in [-0.4, -0.2) is 10.4 Å². The Morgan fingerprint density at radius 2 is 1.61 bits per heavy atom. The highest BCUT2D eigenvalue weighted by Crippen LogP contribution is 2.41. The van der Waals surface area contributed by atoms with Crippen LogP contribution in [-0.2, 0) is 25.3 Å². The lowest BCUT2D eigenvalue weighted by Crippen LogP contribution is -2.18. The number of rotatable bonds is 0. The van der Waals surface area contributed by atoms with E-state index in [1.807, 2.05) is 0 Å². The van der Waals surface area contributed by atoms with Gasteiger partial charge < -0.3 is 4.57 Å². The predicted octanol–water partition coefficient (Wildman–Crippen LogP) is 4.31. The smallest absolute Gasteiger partial charge is 0.333 e. The standard InChI is InChI=1S/C15H9F6NO/c16-14(17,18)10-7-11(15(19,20)21)22-6-5-8-3-1-2-4-9(8)13(23)12(10)22/h1-4,7H,5-6H2. The second-order valence-corrected chi connectivity index (χ2v) is 5.18. The van der Waals surface area contributed by atoms with Gasteiger partial charge in [0.05, 0.1) is 5.56 Å². The normalized spacial score (nSPS) is 15.1. The number of nitrogens with zero attached hydrogens (tertiary/aromatic N) is 1. The summed E-state index contributed by atoms with van der Waals surface area (Å²) in [6.45, 7) is -0.344. The molecule has 1 aliphatic heterocycles. The van der Waals surface area contributed by atoms with Crippen molar-refractivity contribution in [3.8, 4) is 0 Å². The topological polar surface area (TPSA) is 22.0 Å². The molecule has 0 amide bonds. The molecule has 0 saturated carbocycles. The highest BCUT2D eigenvalue weighted by molar-refractivity contribution is 6.10. The summed E-state index contributed by atoms with van der Waals surface area (Å²) in [7, 11) is 0. The minimum absolute atomic E-state index is 0.00331. The van der Waals surface area contributed by atoms with Gasteiger partial charge in [0.2, 0.25) is 5.78 Å². The lowest BCUT2D eigenvalue weighted by Gasteiger charge is -2.12. The van der Waals surface area contributed by atoms with E-state index in [-0.39, 0.29) is 24.6 Å². The Labute approximate surface area is 126 Å². The fourth-order valence-corrected chi connectivity index (χ4v) is 2.80. The minimum Gasteiger partial charge on any atom is -0.333 e. The number of aromatic nitrogens is 1. The van der Waals surface area contributed by atoms with Gasteiger partial charge in [-0.2, -0.15) is 26.3 Å². The molecule has 2 heterocycles. The summed E-state index contributed by atoms with van der Waals surface area (Å²) in [6.07, 6.45) is -9.98. The molecule has 0 spiro atoms. The maximum absolute atomic E-state index is 13.1. The molecule has 1 aromatic carbocycles. The van der Waals surface area contributed by atoms with Gasteiger partial charge in [-0.25, -0.2) is 0 Å². The van der Waals surface area contributed by atoms with Gasteiger partial charge in [-0.05, 0) is 18.1 Å². The molecule has 1 aliphatic rings. The summed E-state index contributed by atoms with van der Waals surface area (Å²) in [4.78, 5) is 12.4. The van der Waals surface area contributed by atoms with Gasteiger partial charge in [-0.3, -0.25) is 4.79 Å². The summed E-state index contributed by atoms with van der Waals surface area (Å²) in [5.41, 5.74) is -3.52. The van der Waals surface area contributed by atoms with Crippen LogP contribution in [0.2, 0.25) is 0 Å². The molecule has 2 nitrogen and oxygen atoms in total. The second-order valence-electron chi connectivity index (χ2n) is 5.18. The maximum atomic E-state index is 13.1. The van der Waals surface area contributed by atoms with Crippen molar-refractivity contribution in [3.63, 3.8) is 0 Å². The fraction of sp³-hybridized carbons (Fsp3) is 0.267. The zero-order valence-corrected chi connectivity index (χ0v) is 11.4. The third-order valence-corrected chi connectivity index (χ3v) is 3.77. The van der Waals surface area contributed by atoms with Crippen molar-refractivity contribution >= 4 is 5.78 Å². The predicted molar refractivity (Wildman–Crippen MR) is 68.0 cm³/mol. The lowest BCUT2D eigenvalue weighted by molar-refractivity contribution is -0.144. The molecule has 0 N–H and O–H groups in total. The van der Waals surface area contributed by atoms with Crippen LogP contribution in [0.1, 0.15) is 32.9 Å². The van der Waals surface area contributed by atoms with E-state index in [0.717, 1.165) is 0 Å². The molecule has 8 heteroatoms. The molecule has 0 atom stereocenters. The van der Waals surface area contributed by atoms with Crippen molar-refractivity contribution in [2.45, 2.75) is 25.3 Å². The van der Waals surface area contributed by atoms with E-state index in [9.17, 15) is 31.1 Å². The Kier molecular flexibility index (Phi) is 3.31. The number of aryl methyl sites for hydroxylation is 1. The van der Waals surface area contributed by atoms with Crippen molar-refractivity contribution in [1.82, 2.24) is 4.57 Å². The summed E-state index contributed by atoms with van der Waals surface area (Å²) < 4.78 is 79.0. The largest absolute Gasteiger partial charge is 0.431 e. The number of halogens is 6. The highest BCUT2D eigenvalue weighted by Gasteiger charge is 2.45. The van der Waals surface area contributed by atoms with E-state index in [1.165, 1.54) is 18.2 Å². The Balaban J connectivity index is 2.31. The Morgan fingerprint density at radius 3 is 2.22 bits per heavy atom. The molecular formula is C15H9F6NO. The average Bonchev–Trinajstić information content (AvgIpc) is 2.78. The molecule has 0 saturated heterocycles. The average molecular weight is 333 g/mol. The molecule has 0 unspecified atom stereocenters. The van der Waals surface area contributed by atoms with Crippen LogP contribution in [0.15, 0.2) is 30.3 Å². The molecule has 0 radical (unpaired) electrons. The van der Waals surface area contributed by atoms with E-state index in [2.05, 4.69) is 0 Å². The third kappa shape index (κ3) is 2.51. The van der Waals surface area contributed by atoms with Crippen LogP contribution in [0, 0.1) is 0 Å². The summed E-state index contributed by atoms with van der Waals surface area (Å²) in [5, 5.41) is 0. The first-order chi connectivity index (χ1) is 10.6. The Morgan fingerprint density at radius 1 is 0.957 bits per heavy atom. The van der Waals surface area contributed by atoms with Crippen molar-refractivity contribution in [1.29, 1.82) is 0 Å². The summed E-state index contributed by atoms with van der Waals surface area (Å²) in [6, 6.07) is 5.92. The van der Waals surface area contributed by atoms with Gasteiger partial charge in [0.25, 0.3) is 0 Å². The second kappa shape index (κ2) is 4.87. The van der Waals surface area contributed by atoms with E-state index < -0.39 is 35.1 Å². The van der Waals surface area contributed by atoms with Crippen LogP contribution in [0.3, 0.4) is 0 Å². The van der Waals surface area contributed by atoms with Crippen molar-refractivity contribution in [2.24, 2.45) is 0 Å². The lowest BCUT2D eigenvalue weighted by atomic mass is 9.99. The van der Waals surface area contributed by atoms with E-state index in [1.54, 1.807) is 6.07 Å². The maximum Gasteiger partial charge on any atom is 0.431 e. The number of carbonyl (C=O) groups excluding carboxylic acids is 1. The van der Waals surface area contributed by atoms with Gasteiger partial charge in [-0.1, -0.05) is 24.3 Å². The van der Waals surface area contributed by atoms with Gasteiger partial charge in [0, 0.05) is 12.1 Å².